The van der Waals surface area contributed by atoms with Gasteiger partial charge in [0.15, 0.2) is 0 Å². The maximum Gasteiger partial charge on any atom is 0.328 e. The van der Waals surface area contributed by atoms with Crippen molar-refractivity contribution in [3.05, 3.63) is 0 Å². The van der Waals surface area contributed by atoms with Crippen LogP contribution in [-0.2, 0) is 19.2 Å². The molecular weight excluding hydrogens is 406 g/mol. The predicted molar refractivity (Wildman–Crippen MR) is 114 cm³/mol. The van der Waals surface area contributed by atoms with Gasteiger partial charge in [-0.2, -0.15) is 0 Å². The van der Waals surface area contributed by atoms with Crippen molar-refractivity contribution in [1.29, 1.82) is 0 Å². The fourth-order valence-corrected chi connectivity index (χ4v) is 3.55. The molecule has 0 spiro atoms. The first-order chi connectivity index (χ1) is 14.7. The van der Waals surface area contributed by atoms with Crippen LogP contribution < -0.4 is 22.1 Å². The van der Waals surface area contributed by atoms with Gasteiger partial charge in [0, 0.05) is 6.54 Å². The van der Waals surface area contributed by atoms with Crippen molar-refractivity contribution >= 4 is 23.7 Å². The molecule has 1 heterocycles. The molecule has 0 aromatic heterocycles. The van der Waals surface area contributed by atoms with E-state index in [-0.39, 0.29) is 11.8 Å². The Hall–Kier alpha value is -2.24. The molecule has 0 radical (unpaired) electrons. The fraction of sp³-hybridized carbons (Fsp3) is 0.800. The molecule has 5 atom stereocenters. The molecule has 31 heavy (non-hydrogen) atoms. The van der Waals surface area contributed by atoms with Gasteiger partial charge < -0.3 is 37.2 Å². The van der Waals surface area contributed by atoms with Crippen LogP contribution in [0, 0.1) is 5.92 Å². The lowest BCUT2D eigenvalue weighted by atomic mass is 9.97. The first-order valence-corrected chi connectivity index (χ1v) is 10.9. The number of amides is 3. The van der Waals surface area contributed by atoms with Crippen LogP contribution in [0.25, 0.3) is 0 Å². The van der Waals surface area contributed by atoms with Gasteiger partial charge in [0.05, 0.1) is 12.6 Å². The van der Waals surface area contributed by atoms with Crippen LogP contribution in [0.2, 0.25) is 0 Å². The summed E-state index contributed by atoms with van der Waals surface area (Å²) in [7, 11) is 0. The number of aliphatic hydroxyl groups is 1. The summed E-state index contributed by atoms with van der Waals surface area (Å²) in [6, 6.07) is -3.91. The fourth-order valence-electron chi connectivity index (χ4n) is 3.55. The third-order valence-corrected chi connectivity index (χ3v) is 5.72. The van der Waals surface area contributed by atoms with Crippen molar-refractivity contribution in [2.75, 3.05) is 19.7 Å². The van der Waals surface area contributed by atoms with E-state index in [1.165, 1.54) is 4.90 Å². The Morgan fingerprint density at radius 1 is 1.19 bits per heavy atom. The van der Waals surface area contributed by atoms with Gasteiger partial charge in [0.2, 0.25) is 17.7 Å². The normalized spacial score (nSPS) is 19.9. The number of carbonyl (C=O) groups is 4. The largest absolute Gasteiger partial charge is 0.480 e. The van der Waals surface area contributed by atoms with E-state index in [2.05, 4.69) is 10.6 Å². The zero-order valence-corrected chi connectivity index (χ0v) is 18.4. The Balaban J connectivity index is 2.85. The number of nitrogens with zero attached hydrogens (tertiary/aromatic N) is 1. The maximum atomic E-state index is 13.0. The molecule has 0 saturated carbocycles. The average molecular weight is 444 g/mol. The molecule has 5 unspecified atom stereocenters. The molecule has 0 aromatic rings. The van der Waals surface area contributed by atoms with Crippen LogP contribution >= 0.6 is 0 Å². The molecule has 178 valence electrons. The average Bonchev–Trinajstić information content (AvgIpc) is 3.24. The molecule has 11 heteroatoms. The Morgan fingerprint density at radius 3 is 2.42 bits per heavy atom. The Kier molecular flexibility index (Phi) is 11.4. The van der Waals surface area contributed by atoms with Gasteiger partial charge in [-0.15, -0.1) is 0 Å². The van der Waals surface area contributed by atoms with Gasteiger partial charge in [0.25, 0.3) is 0 Å². The summed E-state index contributed by atoms with van der Waals surface area (Å²) < 4.78 is 0. The molecule has 3 amide bonds. The summed E-state index contributed by atoms with van der Waals surface area (Å²) in [6.45, 7) is 3.75. The topological polar surface area (TPSA) is 188 Å². The minimum absolute atomic E-state index is 0.291. The Labute approximate surface area is 182 Å². The molecule has 0 aliphatic carbocycles. The second-order valence-electron chi connectivity index (χ2n) is 8.03. The second-order valence-corrected chi connectivity index (χ2v) is 8.03. The number of hydrogen-bond donors (Lipinski definition) is 6. The lowest BCUT2D eigenvalue weighted by Gasteiger charge is -2.30. The van der Waals surface area contributed by atoms with Crippen LogP contribution in [0.1, 0.15) is 52.4 Å². The zero-order chi connectivity index (χ0) is 23.6. The minimum Gasteiger partial charge on any atom is -0.480 e. The molecule has 1 saturated heterocycles. The summed E-state index contributed by atoms with van der Waals surface area (Å²) >= 11 is 0. The summed E-state index contributed by atoms with van der Waals surface area (Å²) in [6.07, 6.45) is 3.62. The number of likely N-dealkylation sites (tertiary alicyclic amines) is 1. The van der Waals surface area contributed by atoms with Gasteiger partial charge in [-0.3, -0.25) is 14.4 Å². The quantitative estimate of drug-likeness (QED) is 0.186. The monoisotopic (exact) mass is 443 g/mol. The molecule has 1 aliphatic rings. The summed E-state index contributed by atoms with van der Waals surface area (Å²) in [5.74, 6) is -3.14. The standard InChI is InChI=1S/C20H37N5O6/c1-3-12(2)16(18(28)23-14(11-26)20(30)31)24-17(27)15-8-6-10-25(15)19(29)13(22)7-4-5-9-21/h12-16,26H,3-11,21-22H2,1-2H3,(H,23,28)(H,24,27)(H,30,31). The number of unbranched alkanes of at least 4 members (excludes halogenated alkanes) is 1. The van der Waals surface area contributed by atoms with E-state index >= 15 is 0 Å². The highest BCUT2D eigenvalue weighted by Crippen LogP contribution is 2.20. The first kappa shape index (κ1) is 26.8. The summed E-state index contributed by atoms with van der Waals surface area (Å²) in [4.78, 5) is 50.9. The molecule has 0 aromatic carbocycles. The van der Waals surface area contributed by atoms with Crippen molar-refractivity contribution < 1.29 is 29.4 Å². The van der Waals surface area contributed by atoms with Crippen LogP contribution in [0.4, 0.5) is 0 Å². The molecule has 11 nitrogen and oxygen atoms in total. The van der Waals surface area contributed by atoms with Crippen molar-refractivity contribution in [3.8, 4) is 0 Å². The van der Waals surface area contributed by atoms with E-state index in [0.29, 0.717) is 38.8 Å². The number of hydrogen-bond acceptors (Lipinski definition) is 7. The van der Waals surface area contributed by atoms with E-state index < -0.39 is 48.6 Å². The molecule has 0 bridgehead atoms. The smallest absolute Gasteiger partial charge is 0.328 e. The Morgan fingerprint density at radius 2 is 1.87 bits per heavy atom. The first-order valence-electron chi connectivity index (χ1n) is 10.9. The number of carboxylic acids is 1. The number of aliphatic carboxylic acids is 1. The third-order valence-electron chi connectivity index (χ3n) is 5.72. The highest BCUT2D eigenvalue weighted by molar-refractivity contribution is 5.94. The zero-order valence-electron chi connectivity index (χ0n) is 18.4. The van der Waals surface area contributed by atoms with Crippen molar-refractivity contribution in [3.63, 3.8) is 0 Å². The number of aliphatic hydroxyl groups excluding tert-OH is 1. The molecule has 8 N–H and O–H groups in total. The van der Waals surface area contributed by atoms with E-state index in [1.807, 2.05) is 6.92 Å². The lowest BCUT2D eigenvalue weighted by Crippen LogP contribution is -2.58. The van der Waals surface area contributed by atoms with Gasteiger partial charge in [0.1, 0.15) is 18.1 Å². The van der Waals surface area contributed by atoms with Crippen LogP contribution in [0.5, 0.6) is 0 Å². The highest BCUT2D eigenvalue weighted by Gasteiger charge is 2.38. The Bertz CT molecular complexity index is 631. The minimum atomic E-state index is -1.47. The summed E-state index contributed by atoms with van der Waals surface area (Å²) in [5, 5.41) is 23.1. The molecule has 1 aliphatic heterocycles. The number of nitrogens with one attached hydrogen (secondary N) is 2. The lowest BCUT2D eigenvalue weighted by molar-refractivity contribution is -0.144. The SMILES string of the molecule is CCC(C)C(NC(=O)C1CCCN1C(=O)C(N)CCCCN)C(=O)NC(CO)C(=O)O. The highest BCUT2D eigenvalue weighted by atomic mass is 16.4. The van der Waals surface area contributed by atoms with E-state index in [1.54, 1.807) is 6.92 Å². The van der Waals surface area contributed by atoms with Gasteiger partial charge in [-0.1, -0.05) is 26.7 Å². The van der Waals surface area contributed by atoms with E-state index in [4.69, 9.17) is 21.7 Å². The number of rotatable bonds is 13. The van der Waals surface area contributed by atoms with Crippen molar-refractivity contribution in [2.45, 2.75) is 76.5 Å². The molecule has 1 rings (SSSR count). The van der Waals surface area contributed by atoms with E-state index in [9.17, 15) is 19.2 Å². The molecule has 1 fully saturated rings. The third kappa shape index (κ3) is 7.75. The maximum absolute atomic E-state index is 13.0. The van der Waals surface area contributed by atoms with Crippen LogP contribution in [-0.4, -0.2) is 82.7 Å². The van der Waals surface area contributed by atoms with Gasteiger partial charge in [-0.05, 0) is 38.1 Å². The number of carboxylic acid groups (broad SMARTS) is 1. The number of nitrogens with two attached hydrogens (primary N) is 2. The second kappa shape index (κ2) is 13.2. The summed E-state index contributed by atoms with van der Waals surface area (Å²) in [5.41, 5.74) is 11.5. The predicted octanol–water partition coefficient (Wildman–Crippen LogP) is -1.47. The number of carbonyl (C=O) groups excluding carboxylic acids is 3. The van der Waals surface area contributed by atoms with Crippen LogP contribution in [0.3, 0.4) is 0 Å². The van der Waals surface area contributed by atoms with Crippen LogP contribution in [0.15, 0.2) is 0 Å². The van der Waals surface area contributed by atoms with Crippen molar-refractivity contribution in [1.82, 2.24) is 15.5 Å². The molecular formula is C20H37N5O6. The van der Waals surface area contributed by atoms with Crippen molar-refractivity contribution in [2.24, 2.45) is 17.4 Å². The van der Waals surface area contributed by atoms with Gasteiger partial charge >= 0.3 is 5.97 Å². The van der Waals surface area contributed by atoms with E-state index in [0.717, 1.165) is 12.8 Å². The van der Waals surface area contributed by atoms with Gasteiger partial charge in [-0.25, -0.2) is 4.79 Å².